The molecule has 1 aliphatic heterocycles. The topological polar surface area (TPSA) is 123 Å². The minimum absolute atomic E-state index is 0.0263. The highest BCUT2D eigenvalue weighted by molar-refractivity contribution is 5.87. The summed E-state index contributed by atoms with van der Waals surface area (Å²) in [5.74, 6) is -1.04. The van der Waals surface area contributed by atoms with Gasteiger partial charge >= 0.3 is 5.97 Å². The second-order valence-corrected chi connectivity index (χ2v) is 8.87. The van der Waals surface area contributed by atoms with Gasteiger partial charge in [0.05, 0.1) is 44.5 Å². The normalized spacial score (nSPS) is 17.9. The molecular weight excluding hydrogens is 464 g/mol. The van der Waals surface area contributed by atoms with Crippen molar-refractivity contribution >= 4 is 12.3 Å². The third-order valence-corrected chi connectivity index (χ3v) is 5.84. The van der Waals surface area contributed by atoms with E-state index in [1.807, 2.05) is 0 Å². The first-order chi connectivity index (χ1) is 17.4. The van der Waals surface area contributed by atoms with Gasteiger partial charge in [-0.15, -0.1) is 0 Å². The van der Waals surface area contributed by atoms with Crippen LogP contribution in [0.2, 0.25) is 0 Å². The molecule has 202 valence electrons. The van der Waals surface area contributed by atoms with E-state index in [2.05, 4.69) is 44.3 Å². The molecule has 1 aliphatic rings. The molecule has 8 heteroatoms. The Morgan fingerprint density at radius 3 is 2.19 bits per heavy atom. The van der Waals surface area contributed by atoms with Gasteiger partial charge in [0.15, 0.2) is 6.29 Å². The minimum atomic E-state index is -0.685. The summed E-state index contributed by atoms with van der Waals surface area (Å²) in [6.07, 6.45) is 7.43. The number of carbonyl (C=O) groups excluding carboxylic acids is 2. The van der Waals surface area contributed by atoms with Gasteiger partial charge in [-0.05, 0) is 24.0 Å². The molecule has 8 nitrogen and oxygen atoms in total. The Kier molecular flexibility index (Phi) is 16.6. The SMILES string of the molecule is C=C(C=O)CO.C=C(CO)C(=O)OCC(CO)C1OCC(c2ccc(CCCCCCC)cc2)CO1. The Balaban J connectivity index is 0.000000960. The second kappa shape index (κ2) is 18.8. The predicted molar refractivity (Wildman–Crippen MR) is 137 cm³/mol. The van der Waals surface area contributed by atoms with Gasteiger partial charge in [0, 0.05) is 11.5 Å². The van der Waals surface area contributed by atoms with Gasteiger partial charge in [-0.1, -0.05) is 70.0 Å². The molecule has 0 spiro atoms. The van der Waals surface area contributed by atoms with Gasteiger partial charge in [0.25, 0.3) is 0 Å². The Morgan fingerprint density at radius 1 is 1.06 bits per heavy atom. The summed E-state index contributed by atoms with van der Waals surface area (Å²) in [4.78, 5) is 21.1. The number of aryl methyl sites for hydroxylation is 1. The number of rotatable bonds is 15. The van der Waals surface area contributed by atoms with Gasteiger partial charge in [-0.2, -0.15) is 0 Å². The van der Waals surface area contributed by atoms with Gasteiger partial charge in [0.2, 0.25) is 0 Å². The Bertz CT molecular complexity index is 781. The first-order valence-electron chi connectivity index (χ1n) is 12.5. The van der Waals surface area contributed by atoms with Crippen LogP contribution in [0.15, 0.2) is 48.6 Å². The summed E-state index contributed by atoms with van der Waals surface area (Å²) in [6, 6.07) is 8.66. The molecule has 3 N–H and O–H groups in total. The van der Waals surface area contributed by atoms with Gasteiger partial charge < -0.3 is 29.5 Å². The smallest absolute Gasteiger partial charge is 0.335 e. The highest BCUT2D eigenvalue weighted by Gasteiger charge is 2.30. The van der Waals surface area contributed by atoms with E-state index in [9.17, 15) is 14.7 Å². The molecule has 1 atom stereocenters. The van der Waals surface area contributed by atoms with Crippen molar-refractivity contribution in [1.29, 1.82) is 0 Å². The van der Waals surface area contributed by atoms with E-state index >= 15 is 0 Å². The summed E-state index contributed by atoms with van der Waals surface area (Å²) in [6.45, 7) is 8.80. The molecule has 0 radical (unpaired) electrons. The molecule has 36 heavy (non-hydrogen) atoms. The lowest BCUT2D eigenvalue weighted by Gasteiger charge is -2.33. The first kappa shape index (κ1) is 31.7. The summed E-state index contributed by atoms with van der Waals surface area (Å²) in [7, 11) is 0. The number of ether oxygens (including phenoxy) is 3. The molecule has 1 saturated heterocycles. The third kappa shape index (κ3) is 12.1. The minimum Gasteiger partial charge on any atom is -0.462 e. The van der Waals surface area contributed by atoms with Crippen LogP contribution in [0.4, 0.5) is 0 Å². The molecular formula is C28H42O8. The van der Waals surface area contributed by atoms with Crippen LogP contribution in [0.1, 0.15) is 56.1 Å². The van der Waals surface area contributed by atoms with Crippen LogP contribution in [0, 0.1) is 5.92 Å². The molecule has 1 fully saturated rings. The average molecular weight is 507 g/mol. The molecule has 2 rings (SSSR count). The molecule has 0 aromatic heterocycles. The first-order valence-corrected chi connectivity index (χ1v) is 12.5. The van der Waals surface area contributed by atoms with E-state index in [1.54, 1.807) is 0 Å². The molecule has 1 aromatic rings. The predicted octanol–water partition coefficient (Wildman–Crippen LogP) is 3.09. The zero-order chi connectivity index (χ0) is 26.8. The number of aldehydes is 1. The van der Waals surface area contributed by atoms with Crippen LogP contribution in [-0.4, -0.2) is 73.5 Å². The maximum Gasteiger partial charge on any atom is 0.335 e. The number of hydrogen-bond acceptors (Lipinski definition) is 8. The van der Waals surface area contributed by atoms with Crippen molar-refractivity contribution in [1.82, 2.24) is 0 Å². The zero-order valence-corrected chi connectivity index (χ0v) is 21.4. The van der Waals surface area contributed by atoms with Crippen molar-refractivity contribution in [2.45, 2.75) is 57.7 Å². The molecule has 0 amide bonds. The lowest BCUT2D eigenvalue weighted by Crippen LogP contribution is -2.40. The van der Waals surface area contributed by atoms with Gasteiger partial charge in [-0.25, -0.2) is 4.79 Å². The van der Waals surface area contributed by atoms with Crippen molar-refractivity contribution in [3.63, 3.8) is 0 Å². The monoisotopic (exact) mass is 506 g/mol. The van der Waals surface area contributed by atoms with Gasteiger partial charge in [-0.3, -0.25) is 4.79 Å². The fourth-order valence-electron chi connectivity index (χ4n) is 3.48. The number of aliphatic hydroxyl groups is 3. The van der Waals surface area contributed by atoms with Crippen LogP contribution in [-0.2, 0) is 30.2 Å². The standard InChI is InChI=1S/C24H36O6.C4H6O2/c1-3-4-5-6-7-8-19-9-11-20(12-10-19)22-16-29-24(30-17-22)21(14-26)15-28-23(27)18(2)13-25;1-4(2-5)3-6/h9-12,21-22,24-26H,2-8,13-17H2,1H3;2,6H,1,3H2. The fraction of sp³-hybridized carbons (Fsp3) is 0.571. The summed E-state index contributed by atoms with van der Waals surface area (Å²) in [5.41, 5.74) is 2.73. The summed E-state index contributed by atoms with van der Waals surface area (Å²) < 4.78 is 16.7. The number of unbranched alkanes of at least 4 members (excludes halogenated alkanes) is 4. The van der Waals surface area contributed by atoms with E-state index in [1.165, 1.54) is 43.2 Å². The van der Waals surface area contributed by atoms with Crippen LogP contribution in [0.25, 0.3) is 0 Å². The summed E-state index contributed by atoms with van der Waals surface area (Å²) >= 11 is 0. The Labute approximate surface area is 214 Å². The van der Waals surface area contributed by atoms with Crippen molar-refractivity contribution in [2.24, 2.45) is 5.92 Å². The van der Waals surface area contributed by atoms with Crippen molar-refractivity contribution in [3.8, 4) is 0 Å². The number of benzene rings is 1. The van der Waals surface area contributed by atoms with Crippen molar-refractivity contribution in [3.05, 3.63) is 59.7 Å². The second-order valence-electron chi connectivity index (χ2n) is 8.87. The number of esters is 1. The van der Waals surface area contributed by atoms with E-state index in [-0.39, 0.29) is 36.9 Å². The lowest BCUT2D eigenvalue weighted by atomic mass is 9.97. The maximum absolute atomic E-state index is 11.6. The lowest BCUT2D eigenvalue weighted by molar-refractivity contribution is -0.224. The highest BCUT2D eigenvalue weighted by Crippen LogP contribution is 2.26. The summed E-state index contributed by atoms with van der Waals surface area (Å²) in [5, 5.41) is 26.5. The number of aliphatic hydroxyl groups excluding tert-OH is 3. The molecule has 0 aliphatic carbocycles. The molecule has 1 aromatic carbocycles. The van der Waals surface area contributed by atoms with E-state index in [0.717, 1.165) is 6.42 Å². The molecule has 1 unspecified atom stereocenters. The molecule has 1 heterocycles. The van der Waals surface area contributed by atoms with Crippen LogP contribution in [0.5, 0.6) is 0 Å². The zero-order valence-electron chi connectivity index (χ0n) is 21.4. The average Bonchev–Trinajstić information content (AvgIpc) is 2.93. The van der Waals surface area contributed by atoms with Gasteiger partial charge in [0.1, 0.15) is 12.9 Å². The maximum atomic E-state index is 11.6. The van der Waals surface area contributed by atoms with E-state index in [4.69, 9.17) is 24.4 Å². The van der Waals surface area contributed by atoms with Crippen molar-refractivity contribution in [2.75, 3.05) is 39.6 Å². The molecule has 0 saturated carbocycles. The fourth-order valence-corrected chi connectivity index (χ4v) is 3.48. The van der Waals surface area contributed by atoms with E-state index < -0.39 is 24.8 Å². The number of carbonyl (C=O) groups is 2. The van der Waals surface area contributed by atoms with Crippen LogP contribution < -0.4 is 0 Å². The Morgan fingerprint density at radius 2 is 1.69 bits per heavy atom. The number of hydrogen-bond donors (Lipinski definition) is 3. The van der Waals surface area contributed by atoms with Crippen LogP contribution >= 0.6 is 0 Å². The Hall–Kier alpha value is -2.36. The van der Waals surface area contributed by atoms with E-state index in [0.29, 0.717) is 19.5 Å². The largest absolute Gasteiger partial charge is 0.462 e. The van der Waals surface area contributed by atoms with Crippen LogP contribution in [0.3, 0.4) is 0 Å². The highest BCUT2D eigenvalue weighted by atomic mass is 16.7. The quantitative estimate of drug-likeness (QED) is 0.144. The third-order valence-electron chi connectivity index (χ3n) is 5.84. The van der Waals surface area contributed by atoms with Crippen molar-refractivity contribution < 1.29 is 39.1 Å². The molecule has 0 bridgehead atoms.